The highest BCUT2D eigenvalue weighted by Gasteiger charge is 2.21. The minimum atomic E-state index is -0.600. The minimum absolute atomic E-state index is 0.251. The molecule has 1 unspecified atom stereocenters. The van der Waals surface area contributed by atoms with Crippen LogP contribution >= 0.6 is 11.3 Å². The molecule has 3 aromatic heterocycles. The van der Waals surface area contributed by atoms with Crippen LogP contribution in [0.25, 0.3) is 10.3 Å². The number of piperazine rings is 1. The van der Waals surface area contributed by atoms with E-state index in [9.17, 15) is 5.26 Å². The molecule has 172 valence electrons. The van der Waals surface area contributed by atoms with Gasteiger partial charge in [-0.05, 0) is 36.4 Å². The van der Waals surface area contributed by atoms with Crippen LogP contribution in [0.5, 0.6) is 6.01 Å². The first kappa shape index (κ1) is 22.3. The van der Waals surface area contributed by atoms with Gasteiger partial charge in [-0.1, -0.05) is 35.6 Å². The van der Waals surface area contributed by atoms with Gasteiger partial charge in [-0.25, -0.2) is 15.0 Å². The molecule has 34 heavy (non-hydrogen) atoms. The number of fused-ring (bicyclic) bond motifs is 1. The van der Waals surface area contributed by atoms with Crippen molar-refractivity contribution in [2.75, 3.05) is 33.2 Å². The maximum atomic E-state index is 9.82. The molecule has 1 aliphatic heterocycles. The standard InChI is InChI=1S/C25H25N7OS/c1-31-10-12-32(13-11-31)16-18-4-2-5-19(14-18)17-33-25-28-9-7-21(30-25)20(15-26)23-29-22-6-3-8-27-24(22)34-23/h2-9,14,20H,10-13,16-17H2,1H3. The van der Waals surface area contributed by atoms with Crippen molar-refractivity contribution in [1.29, 1.82) is 5.26 Å². The van der Waals surface area contributed by atoms with Gasteiger partial charge < -0.3 is 9.64 Å². The van der Waals surface area contributed by atoms with Gasteiger partial charge in [0.1, 0.15) is 27.9 Å². The van der Waals surface area contributed by atoms with Gasteiger partial charge in [0, 0.05) is 45.1 Å². The van der Waals surface area contributed by atoms with Crippen LogP contribution < -0.4 is 4.74 Å². The van der Waals surface area contributed by atoms with Crippen LogP contribution in [0.1, 0.15) is 27.7 Å². The topological polar surface area (TPSA) is 91.1 Å². The highest BCUT2D eigenvalue weighted by atomic mass is 32.1. The molecule has 5 rings (SSSR count). The lowest BCUT2D eigenvalue weighted by molar-refractivity contribution is 0.148. The second kappa shape index (κ2) is 10.2. The van der Waals surface area contributed by atoms with E-state index in [0.717, 1.165) is 48.6 Å². The molecule has 8 nitrogen and oxygen atoms in total. The first-order valence-electron chi connectivity index (χ1n) is 11.2. The van der Waals surface area contributed by atoms with E-state index in [-0.39, 0.29) is 6.01 Å². The van der Waals surface area contributed by atoms with Gasteiger partial charge in [0.25, 0.3) is 0 Å². The first-order valence-corrected chi connectivity index (χ1v) is 12.0. The maximum Gasteiger partial charge on any atom is 0.316 e. The van der Waals surface area contributed by atoms with E-state index in [1.165, 1.54) is 16.9 Å². The molecule has 0 spiro atoms. The quantitative estimate of drug-likeness (QED) is 0.405. The van der Waals surface area contributed by atoms with Crippen LogP contribution in [0, 0.1) is 11.3 Å². The molecule has 0 radical (unpaired) electrons. The van der Waals surface area contributed by atoms with Crippen LogP contribution in [0.2, 0.25) is 0 Å². The molecule has 0 saturated carbocycles. The third-order valence-electron chi connectivity index (χ3n) is 5.87. The van der Waals surface area contributed by atoms with Gasteiger partial charge in [-0.3, -0.25) is 4.90 Å². The van der Waals surface area contributed by atoms with Gasteiger partial charge in [0.05, 0.1) is 11.8 Å². The Morgan fingerprint density at radius 1 is 1.03 bits per heavy atom. The summed E-state index contributed by atoms with van der Waals surface area (Å²) < 4.78 is 5.90. The van der Waals surface area contributed by atoms with Crippen LogP contribution in [-0.2, 0) is 13.2 Å². The first-order chi connectivity index (χ1) is 16.7. The average Bonchev–Trinajstić information content (AvgIpc) is 3.29. The Kier molecular flexibility index (Phi) is 6.72. The van der Waals surface area contributed by atoms with Gasteiger partial charge in [0.15, 0.2) is 0 Å². The number of hydrogen-bond acceptors (Lipinski definition) is 9. The Morgan fingerprint density at radius 3 is 2.71 bits per heavy atom. The number of nitrogens with zero attached hydrogens (tertiary/aromatic N) is 7. The molecule has 1 saturated heterocycles. The summed E-state index contributed by atoms with van der Waals surface area (Å²) in [6.07, 6.45) is 3.35. The summed E-state index contributed by atoms with van der Waals surface area (Å²) >= 11 is 1.40. The second-order valence-electron chi connectivity index (χ2n) is 8.39. The molecular weight excluding hydrogens is 446 g/mol. The lowest BCUT2D eigenvalue weighted by atomic mass is 10.1. The third kappa shape index (κ3) is 5.20. The number of hydrogen-bond donors (Lipinski definition) is 0. The van der Waals surface area contributed by atoms with E-state index in [4.69, 9.17) is 4.74 Å². The van der Waals surface area contributed by atoms with Crippen molar-refractivity contribution in [2.45, 2.75) is 19.1 Å². The van der Waals surface area contributed by atoms with E-state index in [1.807, 2.05) is 18.2 Å². The molecule has 0 bridgehead atoms. The highest BCUT2D eigenvalue weighted by molar-refractivity contribution is 7.18. The summed E-state index contributed by atoms with van der Waals surface area (Å²) in [5.41, 5.74) is 3.68. The van der Waals surface area contributed by atoms with Crippen molar-refractivity contribution in [3.63, 3.8) is 0 Å². The predicted octanol–water partition coefficient (Wildman–Crippen LogP) is 3.46. The van der Waals surface area contributed by atoms with Gasteiger partial charge >= 0.3 is 6.01 Å². The lowest BCUT2D eigenvalue weighted by Gasteiger charge is -2.32. The van der Waals surface area contributed by atoms with E-state index in [1.54, 1.807) is 18.5 Å². The number of pyridine rings is 1. The number of thiazole rings is 1. The molecule has 1 aromatic carbocycles. The molecule has 4 aromatic rings. The van der Waals surface area contributed by atoms with E-state index in [0.29, 0.717) is 17.3 Å². The summed E-state index contributed by atoms with van der Waals surface area (Å²) in [7, 11) is 2.17. The number of ether oxygens (including phenoxy) is 1. The maximum absolute atomic E-state index is 9.82. The largest absolute Gasteiger partial charge is 0.459 e. The van der Waals surface area contributed by atoms with Gasteiger partial charge in [-0.2, -0.15) is 10.2 Å². The van der Waals surface area contributed by atoms with E-state index in [2.05, 4.69) is 61.1 Å². The molecule has 1 atom stereocenters. The normalized spacial score (nSPS) is 15.8. The fourth-order valence-corrected chi connectivity index (χ4v) is 4.94. The molecular formula is C25H25N7OS. The summed E-state index contributed by atoms with van der Waals surface area (Å²) in [6.45, 7) is 5.68. The fraction of sp³-hybridized carbons (Fsp3) is 0.320. The SMILES string of the molecule is CN1CCN(Cc2cccc(COc3nccc(C(C#N)c4nc5cccnc5s4)n3)c2)CC1. The minimum Gasteiger partial charge on any atom is -0.459 e. The third-order valence-corrected chi connectivity index (χ3v) is 6.92. The van der Waals surface area contributed by atoms with E-state index < -0.39 is 5.92 Å². The van der Waals surface area contributed by atoms with Gasteiger partial charge in [0.2, 0.25) is 0 Å². The Balaban J connectivity index is 1.26. The zero-order valence-electron chi connectivity index (χ0n) is 19.0. The number of benzene rings is 1. The Labute approximate surface area is 202 Å². The Morgan fingerprint density at radius 2 is 1.88 bits per heavy atom. The lowest BCUT2D eigenvalue weighted by Crippen LogP contribution is -2.43. The molecule has 4 heterocycles. The van der Waals surface area contributed by atoms with Crippen molar-refractivity contribution >= 4 is 21.7 Å². The monoisotopic (exact) mass is 471 g/mol. The summed E-state index contributed by atoms with van der Waals surface area (Å²) in [5.74, 6) is -0.600. The van der Waals surface area contributed by atoms with Crippen molar-refractivity contribution in [2.24, 2.45) is 0 Å². The van der Waals surface area contributed by atoms with Crippen LogP contribution in [-0.4, -0.2) is 63.0 Å². The van der Waals surface area contributed by atoms with Crippen LogP contribution in [0.15, 0.2) is 54.9 Å². The molecule has 0 amide bonds. The summed E-state index contributed by atoms with van der Waals surface area (Å²) in [5, 5.41) is 10.5. The number of rotatable bonds is 7. The van der Waals surface area contributed by atoms with Crippen molar-refractivity contribution in [1.82, 2.24) is 29.7 Å². The predicted molar refractivity (Wildman–Crippen MR) is 130 cm³/mol. The van der Waals surface area contributed by atoms with Crippen LogP contribution in [0.4, 0.5) is 0 Å². The van der Waals surface area contributed by atoms with E-state index >= 15 is 0 Å². The fourth-order valence-electron chi connectivity index (χ4n) is 3.97. The number of likely N-dealkylation sites (N-methyl/N-ethyl adjacent to an activating group) is 1. The smallest absolute Gasteiger partial charge is 0.316 e. The number of nitriles is 1. The number of aromatic nitrogens is 4. The zero-order chi connectivity index (χ0) is 23.3. The molecule has 1 aliphatic rings. The Bertz CT molecular complexity index is 1280. The second-order valence-corrected chi connectivity index (χ2v) is 9.40. The van der Waals surface area contributed by atoms with Gasteiger partial charge in [-0.15, -0.1) is 0 Å². The Hall–Kier alpha value is -3.45. The summed E-state index contributed by atoms with van der Waals surface area (Å²) in [4.78, 5) is 23.3. The molecule has 1 fully saturated rings. The highest BCUT2D eigenvalue weighted by Crippen LogP contribution is 2.30. The van der Waals surface area contributed by atoms with Crippen molar-refractivity contribution < 1.29 is 4.74 Å². The van der Waals surface area contributed by atoms with Crippen molar-refractivity contribution in [3.05, 3.63) is 76.7 Å². The zero-order valence-corrected chi connectivity index (χ0v) is 19.8. The molecule has 9 heteroatoms. The molecule has 0 aliphatic carbocycles. The average molecular weight is 472 g/mol. The molecule has 0 N–H and O–H groups in total. The summed E-state index contributed by atoms with van der Waals surface area (Å²) in [6, 6.07) is 16.5. The van der Waals surface area contributed by atoms with Crippen molar-refractivity contribution in [3.8, 4) is 12.1 Å². The van der Waals surface area contributed by atoms with Crippen LogP contribution in [0.3, 0.4) is 0 Å².